The van der Waals surface area contributed by atoms with E-state index in [1.165, 1.54) is 0 Å². The van der Waals surface area contributed by atoms with Crippen LogP contribution >= 0.6 is 0 Å². The molecule has 1 aliphatic heterocycles. The van der Waals surface area contributed by atoms with Gasteiger partial charge in [0, 0.05) is 38.3 Å². The molecule has 1 aliphatic rings. The van der Waals surface area contributed by atoms with Gasteiger partial charge < -0.3 is 19.3 Å². The minimum Gasteiger partial charge on any atom is -0.497 e. The molecule has 0 spiro atoms. The number of ether oxygens (including phenoxy) is 2. The summed E-state index contributed by atoms with van der Waals surface area (Å²) in [7, 11) is 1.58. The molecule has 1 saturated heterocycles. The van der Waals surface area contributed by atoms with E-state index in [0.29, 0.717) is 44.1 Å². The van der Waals surface area contributed by atoms with Gasteiger partial charge in [0.05, 0.1) is 7.11 Å². The lowest BCUT2D eigenvalue weighted by Gasteiger charge is -2.34. The number of carbonyl (C=O) groups is 2. The molecule has 6 heteroatoms. The van der Waals surface area contributed by atoms with Gasteiger partial charge in [-0.05, 0) is 25.1 Å². The van der Waals surface area contributed by atoms with E-state index < -0.39 is 0 Å². The Morgan fingerprint density at radius 3 is 2.45 bits per heavy atom. The summed E-state index contributed by atoms with van der Waals surface area (Å²) in [6.45, 7) is 4.66. The lowest BCUT2D eigenvalue weighted by Crippen LogP contribution is -2.51. The van der Waals surface area contributed by atoms with E-state index in [0.717, 1.165) is 0 Å². The maximum atomic E-state index is 12.5. The highest BCUT2D eigenvalue weighted by Gasteiger charge is 2.24. The van der Waals surface area contributed by atoms with Gasteiger partial charge in [-0.3, -0.25) is 9.59 Å². The molecule has 1 fully saturated rings. The second kappa shape index (κ2) is 7.79. The standard InChI is InChI=1S/C16H22N2O4/c1-3-22-12-15(19)17-7-9-18(10-8-17)16(20)13-5-4-6-14(11-13)21-2/h4-6,11H,3,7-10,12H2,1-2H3. The summed E-state index contributed by atoms with van der Waals surface area (Å²) in [5.74, 6) is 0.613. The molecule has 0 radical (unpaired) electrons. The van der Waals surface area contributed by atoms with Crippen molar-refractivity contribution in [3.63, 3.8) is 0 Å². The Kier molecular flexibility index (Phi) is 5.77. The number of amides is 2. The van der Waals surface area contributed by atoms with E-state index in [1.807, 2.05) is 6.92 Å². The van der Waals surface area contributed by atoms with Gasteiger partial charge >= 0.3 is 0 Å². The summed E-state index contributed by atoms with van der Waals surface area (Å²) in [5, 5.41) is 0. The monoisotopic (exact) mass is 306 g/mol. The van der Waals surface area contributed by atoms with Gasteiger partial charge in [-0.15, -0.1) is 0 Å². The Labute approximate surface area is 130 Å². The van der Waals surface area contributed by atoms with Crippen LogP contribution in [-0.4, -0.2) is 68.1 Å². The second-order valence-corrected chi connectivity index (χ2v) is 5.04. The fourth-order valence-corrected chi connectivity index (χ4v) is 2.38. The number of hydrogen-bond donors (Lipinski definition) is 0. The van der Waals surface area contributed by atoms with Crippen LogP contribution in [0.3, 0.4) is 0 Å². The minimum absolute atomic E-state index is 0.0182. The highest BCUT2D eigenvalue weighted by atomic mass is 16.5. The molecule has 120 valence electrons. The molecule has 2 amide bonds. The van der Waals surface area contributed by atoms with Gasteiger partial charge in [0.15, 0.2) is 0 Å². The van der Waals surface area contributed by atoms with Gasteiger partial charge in [0.25, 0.3) is 5.91 Å². The number of methoxy groups -OCH3 is 1. The zero-order chi connectivity index (χ0) is 15.9. The first-order chi connectivity index (χ1) is 10.7. The van der Waals surface area contributed by atoms with Crippen molar-refractivity contribution in [1.29, 1.82) is 0 Å². The molecule has 0 unspecified atom stereocenters. The smallest absolute Gasteiger partial charge is 0.254 e. The molecule has 0 aliphatic carbocycles. The van der Waals surface area contributed by atoms with Crippen LogP contribution in [-0.2, 0) is 9.53 Å². The highest BCUT2D eigenvalue weighted by molar-refractivity contribution is 5.94. The molecule has 2 rings (SSSR count). The summed E-state index contributed by atoms with van der Waals surface area (Å²) < 4.78 is 10.3. The van der Waals surface area contributed by atoms with Crippen molar-refractivity contribution in [3.8, 4) is 5.75 Å². The van der Waals surface area contributed by atoms with Crippen molar-refractivity contribution >= 4 is 11.8 Å². The van der Waals surface area contributed by atoms with Gasteiger partial charge in [-0.25, -0.2) is 0 Å². The molecule has 0 saturated carbocycles. The Hall–Kier alpha value is -2.08. The molecule has 1 aromatic rings. The summed E-state index contributed by atoms with van der Waals surface area (Å²) in [5.41, 5.74) is 0.605. The van der Waals surface area contributed by atoms with Gasteiger partial charge in [0.2, 0.25) is 5.91 Å². The van der Waals surface area contributed by atoms with Crippen molar-refractivity contribution in [2.45, 2.75) is 6.92 Å². The maximum absolute atomic E-state index is 12.5. The highest BCUT2D eigenvalue weighted by Crippen LogP contribution is 2.15. The second-order valence-electron chi connectivity index (χ2n) is 5.04. The number of hydrogen-bond acceptors (Lipinski definition) is 4. The van der Waals surface area contributed by atoms with Gasteiger partial charge in [-0.2, -0.15) is 0 Å². The average molecular weight is 306 g/mol. The zero-order valence-corrected chi connectivity index (χ0v) is 13.1. The van der Waals surface area contributed by atoms with E-state index in [-0.39, 0.29) is 18.4 Å². The first kappa shape index (κ1) is 16.3. The van der Waals surface area contributed by atoms with E-state index in [9.17, 15) is 9.59 Å². The third-order valence-electron chi connectivity index (χ3n) is 3.67. The molecule has 0 N–H and O–H groups in total. The number of piperazine rings is 1. The fourth-order valence-electron chi connectivity index (χ4n) is 2.38. The Morgan fingerprint density at radius 1 is 1.14 bits per heavy atom. The molecule has 22 heavy (non-hydrogen) atoms. The Bertz CT molecular complexity index is 525. The lowest BCUT2D eigenvalue weighted by atomic mass is 10.1. The Balaban J connectivity index is 1.90. The number of rotatable bonds is 5. The molecule has 0 bridgehead atoms. The molecular weight excluding hydrogens is 284 g/mol. The van der Waals surface area contributed by atoms with Crippen LogP contribution in [0.25, 0.3) is 0 Å². The molecule has 6 nitrogen and oxygen atoms in total. The van der Waals surface area contributed by atoms with E-state index in [1.54, 1.807) is 41.2 Å². The molecule has 0 atom stereocenters. The largest absolute Gasteiger partial charge is 0.497 e. The molecule has 0 aromatic heterocycles. The predicted molar refractivity (Wildman–Crippen MR) is 82.0 cm³/mol. The minimum atomic E-state index is -0.0317. The third kappa shape index (κ3) is 3.98. The van der Waals surface area contributed by atoms with E-state index in [4.69, 9.17) is 9.47 Å². The molecule has 1 heterocycles. The van der Waals surface area contributed by atoms with Gasteiger partial charge in [-0.1, -0.05) is 6.07 Å². The zero-order valence-electron chi connectivity index (χ0n) is 13.1. The number of carbonyl (C=O) groups excluding carboxylic acids is 2. The van der Waals surface area contributed by atoms with Crippen LogP contribution in [0.1, 0.15) is 17.3 Å². The number of benzene rings is 1. The van der Waals surface area contributed by atoms with Crippen molar-refractivity contribution in [2.75, 3.05) is 46.5 Å². The quantitative estimate of drug-likeness (QED) is 0.815. The summed E-state index contributed by atoms with van der Waals surface area (Å²) in [6, 6.07) is 7.11. The summed E-state index contributed by atoms with van der Waals surface area (Å²) in [4.78, 5) is 27.8. The lowest BCUT2D eigenvalue weighted by molar-refractivity contribution is -0.137. The van der Waals surface area contributed by atoms with Crippen LogP contribution < -0.4 is 4.74 Å². The summed E-state index contributed by atoms with van der Waals surface area (Å²) >= 11 is 0. The van der Waals surface area contributed by atoms with Crippen LogP contribution in [0.4, 0.5) is 0 Å². The van der Waals surface area contributed by atoms with Crippen molar-refractivity contribution in [3.05, 3.63) is 29.8 Å². The van der Waals surface area contributed by atoms with Crippen LogP contribution in [0.2, 0.25) is 0 Å². The third-order valence-corrected chi connectivity index (χ3v) is 3.67. The van der Waals surface area contributed by atoms with Crippen molar-refractivity contribution in [2.24, 2.45) is 0 Å². The van der Waals surface area contributed by atoms with Crippen LogP contribution in [0.15, 0.2) is 24.3 Å². The van der Waals surface area contributed by atoms with E-state index in [2.05, 4.69) is 0 Å². The van der Waals surface area contributed by atoms with Crippen molar-refractivity contribution in [1.82, 2.24) is 9.80 Å². The molecular formula is C16H22N2O4. The SMILES string of the molecule is CCOCC(=O)N1CCN(C(=O)c2cccc(OC)c2)CC1. The molecule has 1 aromatic carbocycles. The normalized spacial score (nSPS) is 14.8. The number of nitrogens with zero attached hydrogens (tertiary/aromatic N) is 2. The predicted octanol–water partition coefficient (Wildman–Crippen LogP) is 1.02. The average Bonchev–Trinajstić information content (AvgIpc) is 2.59. The van der Waals surface area contributed by atoms with Crippen LogP contribution in [0.5, 0.6) is 5.75 Å². The first-order valence-electron chi connectivity index (χ1n) is 7.44. The van der Waals surface area contributed by atoms with Crippen LogP contribution in [0, 0.1) is 0 Å². The fraction of sp³-hybridized carbons (Fsp3) is 0.500. The summed E-state index contributed by atoms with van der Waals surface area (Å²) in [6.07, 6.45) is 0. The van der Waals surface area contributed by atoms with E-state index >= 15 is 0 Å². The van der Waals surface area contributed by atoms with Crippen molar-refractivity contribution < 1.29 is 19.1 Å². The topological polar surface area (TPSA) is 59.1 Å². The maximum Gasteiger partial charge on any atom is 0.254 e. The Morgan fingerprint density at radius 2 is 1.82 bits per heavy atom. The van der Waals surface area contributed by atoms with Gasteiger partial charge in [0.1, 0.15) is 12.4 Å². The first-order valence-corrected chi connectivity index (χ1v) is 7.44.